The maximum atomic E-state index is 10.8. The molecule has 1 fully saturated rings. The van der Waals surface area contributed by atoms with Gasteiger partial charge in [-0.3, -0.25) is 9.69 Å². The molecule has 0 aliphatic carbocycles. The van der Waals surface area contributed by atoms with Crippen LogP contribution in [0.4, 0.5) is 0 Å². The zero-order chi connectivity index (χ0) is 19.2. The molecule has 1 aliphatic heterocycles. The molecular weight excluding hydrogens is 364 g/mol. The van der Waals surface area contributed by atoms with Gasteiger partial charge in [-0.2, -0.15) is 0 Å². The molecule has 1 aromatic rings. The molecule has 0 atom stereocenters. The van der Waals surface area contributed by atoms with Gasteiger partial charge in [0.1, 0.15) is 5.75 Å². The predicted octanol–water partition coefficient (Wildman–Crippen LogP) is 3.66. The number of likely N-dealkylation sites (tertiary alicyclic amines) is 1. The molecule has 5 nitrogen and oxygen atoms in total. The van der Waals surface area contributed by atoms with Gasteiger partial charge in [0.15, 0.2) is 0 Å². The first-order chi connectivity index (χ1) is 12.3. The van der Waals surface area contributed by atoms with Crippen molar-refractivity contribution >= 4 is 18.4 Å². The Hall–Kier alpha value is -1.30. The van der Waals surface area contributed by atoms with E-state index in [1.165, 1.54) is 5.56 Å². The van der Waals surface area contributed by atoms with Gasteiger partial charge in [0.05, 0.1) is 13.2 Å². The number of hydrogen-bond acceptors (Lipinski definition) is 4. The van der Waals surface area contributed by atoms with E-state index in [0.29, 0.717) is 6.04 Å². The van der Waals surface area contributed by atoms with E-state index >= 15 is 0 Å². The van der Waals surface area contributed by atoms with Crippen LogP contribution in [0.3, 0.4) is 0 Å². The topological polar surface area (TPSA) is 53.0 Å². The van der Waals surface area contributed by atoms with Gasteiger partial charge in [-0.25, -0.2) is 0 Å². The van der Waals surface area contributed by atoms with E-state index in [4.69, 9.17) is 9.84 Å². The molecule has 154 valence electrons. The molecule has 0 radical (unpaired) electrons. The summed E-state index contributed by atoms with van der Waals surface area (Å²) in [5.74, 6) is 0.203. The number of piperidine rings is 1. The van der Waals surface area contributed by atoms with E-state index in [1.807, 2.05) is 18.0 Å². The second-order valence-corrected chi connectivity index (χ2v) is 8.36. The van der Waals surface area contributed by atoms with Crippen LogP contribution in [0.1, 0.15) is 45.6 Å². The summed E-state index contributed by atoms with van der Waals surface area (Å²) in [5, 5.41) is 8.90. The lowest BCUT2D eigenvalue weighted by atomic mass is 9.87. The molecule has 0 saturated carbocycles. The summed E-state index contributed by atoms with van der Waals surface area (Å²) in [5.41, 5.74) is 1.43. The SMILES string of the molecule is CN(CC(=O)O)C1CCN(CCCOc2cccc(C(C)(C)C)c2)CC1.Cl. The third kappa shape index (κ3) is 8.08. The Bertz CT molecular complexity index is 581. The highest BCUT2D eigenvalue weighted by atomic mass is 35.5. The number of likely N-dealkylation sites (N-methyl/N-ethyl adjacent to an activating group) is 1. The Morgan fingerprint density at radius 3 is 2.56 bits per heavy atom. The van der Waals surface area contributed by atoms with Crippen LogP contribution in [0.15, 0.2) is 24.3 Å². The summed E-state index contributed by atoms with van der Waals surface area (Å²) >= 11 is 0. The highest BCUT2D eigenvalue weighted by Crippen LogP contribution is 2.25. The molecule has 0 aromatic heterocycles. The minimum Gasteiger partial charge on any atom is -0.494 e. The number of carboxylic acids is 1. The number of carbonyl (C=O) groups is 1. The standard InChI is InChI=1S/C21H34N2O3.ClH/c1-21(2,3)17-7-5-8-19(15-17)26-14-6-11-23-12-9-18(10-13-23)22(4)16-20(24)25;/h5,7-8,15,18H,6,9-14,16H2,1-4H3,(H,24,25);1H. The number of nitrogens with zero attached hydrogens (tertiary/aromatic N) is 2. The second-order valence-electron chi connectivity index (χ2n) is 8.36. The van der Waals surface area contributed by atoms with Crippen LogP contribution in [0.2, 0.25) is 0 Å². The zero-order valence-corrected chi connectivity index (χ0v) is 17.9. The molecule has 1 heterocycles. The van der Waals surface area contributed by atoms with E-state index in [9.17, 15) is 4.79 Å². The number of halogens is 1. The number of aliphatic carboxylic acids is 1. The Labute approximate surface area is 170 Å². The van der Waals surface area contributed by atoms with Crippen LogP contribution in [0, 0.1) is 0 Å². The molecule has 1 N–H and O–H groups in total. The summed E-state index contributed by atoms with van der Waals surface area (Å²) in [4.78, 5) is 15.2. The number of carboxylic acid groups (broad SMARTS) is 1. The first-order valence-corrected chi connectivity index (χ1v) is 9.63. The molecule has 0 bridgehead atoms. The van der Waals surface area contributed by atoms with Gasteiger partial charge in [0.25, 0.3) is 0 Å². The molecule has 2 rings (SSSR count). The summed E-state index contributed by atoms with van der Waals surface area (Å²) in [6, 6.07) is 8.77. The van der Waals surface area contributed by atoms with Gasteiger partial charge < -0.3 is 14.7 Å². The number of ether oxygens (including phenoxy) is 1. The lowest BCUT2D eigenvalue weighted by Gasteiger charge is -2.36. The van der Waals surface area contributed by atoms with Crippen molar-refractivity contribution in [3.8, 4) is 5.75 Å². The summed E-state index contributed by atoms with van der Waals surface area (Å²) in [7, 11) is 1.91. The normalized spacial score (nSPS) is 16.2. The average molecular weight is 399 g/mol. The number of benzene rings is 1. The van der Waals surface area contributed by atoms with Gasteiger partial charge in [0.2, 0.25) is 0 Å². The van der Waals surface area contributed by atoms with Gasteiger partial charge in [-0.15, -0.1) is 12.4 Å². The Morgan fingerprint density at radius 2 is 1.96 bits per heavy atom. The molecule has 1 aliphatic rings. The van der Waals surface area contributed by atoms with E-state index in [1.54, 1.807) is 0 Å². The van der Waals surface area contributed by atoms with Gasteiger partial charge >= 0.3 is 5.97 Å². The summed E-state index contributed by atoms with van der Waals surface area (Å²) < 4.78 is 5.94. The van der Waals surface area contributed by atoms with Crippen molar-refractivity contribution in [3.05, 3.63) is 29.8 Å². The minimum atomic E-state index is -0.748. The van der Waals surface area contributed by atoms with Gasteiger partial charge in [-0.1, -0.05) is 32.9 Å². The fourth-order valence-electron chi connectivity index (χ4n) is 3.46. The fraction of sp³-hybridized carbons (Fsp3) is 0.667. The van der Waals surface area contributed by atoms with E-state index in [0.717, 1.165) is 51.3 Å². The first kappa shape index (κ1) is 23.7. The minimum absolute atomic E-state index is 0. The van der Waals surface area contributed by atoms with Gasteiger partial charge in [-0.05, 0) is 62.5 Å². The van der Waals surface area contributed by atoms with Crippen molar-refractivity contribution in [1.82, 2.24) is 9.80 Å². The van der Waals surface area contributed by atoms with E-state index in [2.05, 4.69) is 43.9 Å². The monoisotopic (exact) mass is 398 g/mol. The third-order valence-corrected chi connectivity index (χ3v) is 5.15. The molecular formula is C21H35ClN2O3. The van der Waals surface area contributed by atoms with Crippen LogP contribution in [0.25, 0.3) is 0 Å². The Morgan fingerprint density at radius 1 is 1.30 bits per heavy atom. The largest absolute Gasteiger partial charge is 0.494 e. The number of rotatable bonds is 8. The first-order valence-electron chi connectivity index (χ1n) is 9.63. The smallest absolute Gasteiger partial charge is 0.317 e. The second kappa shape index (κ2) is 10.9. The molecule has 0 amide bonds. The lowest BCUT2D eigenvalue weighted by Crippen LogP contribution is -2.45. The molecule has 6 heteroatoms. The Kier molecular flexibility index (Phi) is 9.57. The van der Waals surface area contributed by atoms with E-state index < -0.39 is 5.97 Å². The highest BCUT2D eigenvalue weighted by molar-refractivity contribution is 5.85. The number of hydrogen-bond donors (Lipinski definition) is 1. The van der Waals surface area contributed by atoms with E-state index in [-0.39, 0.29) is 24.4 Å². The lowest BCUT2D eigenvalue weighted by molar-refractivity contribution is -0.138. The van der Waals surface area contributed by atoms with Crippen LogP contribution >= 0.6 is 12.4 Å². The summed E-state index contributed by atoms with van der Waals surface area (Å²) in [6.45, 7) is 10.6. The van der Waals surface area contributed by atoms with Crippen molar-refractivity contribution < 1.29 is 14.6 Å². The van der Waals surface area contributed by atoms with Crippen molar-refractivity contribution in [2.24, 2.45) is 0 Å². The highest BCUT2D eigenvalue weighted by Gasteiger charge is 2.23. The van der Waals surface area contributed by atoms with Crippen LogP contribution in [-0.2, 0) is 10.2 Å². The van der Waals surface area contributed by atoms with Crippen molar-refractivity contribution in [3.63, 3.8) is 0 Å². The third-order valence-electron chi connectivity index (χ3n) is 5.15. The molecule has 27 heavy (non-hydrogen) atoms. The molecule has 1 aromatic carbocycles. The van der Waals surface area contributed by atoms with Crippen molar-refractivity contribution in [1.29, 1.82) is 0 Å². The van der Waals surface area contributed by atoms with Crippen LogP contribution < -0.4 is 4.74 Å². The van der Waals surface area contributed by atoms with Crippen LogP contribution in [0.5, 0.6) is 5.75 Å². The molecule has 1 saturated heterocycles. The average Bonchev–Trinajstić information content (AvgIpc) is 2.58. The molecule has 0 unspecified atom stereocenters. The zero-order valence-electron chi connectivity index (χ0n) is 17.1. The predicted molar refractivity (Wildman–Crippen MR) is 112 cm³/mol. The van der Waals surface area contributed by atoms with Crippen molar-refractivity contribution in [2.45, 2.75) is 51.5 Å². The quantitative estimate of drug-likeness (QED) is 0.677. The molecule has 0 spiro atoms. The summed E-state index contributed by atoms with van der Waals surface area (Å²) in [6.07, 6.45) is 3.09. The van der Waals surface area contributed by atoms with Crippen molar-refractivity contribution in [2.75, 3.05) is 39.8 Å². The maximum Gasteiger partial charge on any atom is 0.317 e. The Balaban J connectivity index is 0.00000364. The fourth-order valence-corrected chi connectivity index (χ4v) is 3.46. The maximum absolute atomic E-state index is 10.8. The van der Waals surface area contributed by atoms with Gasteiger partial charge in [0, 0.05) is 12.6 Å². The van der Waals surface area contributed by atoms with Crippen LogP contribution in [-0.4, -0.2) is 66.8 Å².